The summed E-state index contributed by atoms with van der Waals surface area (Å²) >= 11 is 1.43. The summed E-state index contributed by atoms with van der Waals surface area (Å²) in [5.41, 5.74) is 2.66. The number of aromatic nitrogens is 1. The fourth-order valence-corrected chi connectivity index (χ4v) is 4.48. The lowest BCUT2D eigenvalue weighted by Crippen LogP contribution is -2.21. The summed E-state index contributed by atoms with van der Waals surface area (Å²) in [6.07, 6.45) is 3.09. The molecule has 0 saturated heterocycles. The molecule has 0 fully saturated rings. The molecule has 28 heavy (non-hydrogen) atoms. The van der Waals surface area contributed by atoms with Gasteiger partial charge in [0.05, 0.1) is 19.8 Å². The molecule has 0 amide bonds. The van der Waals surface area contributed by atoms with Gasteiger partial charge in [0.25, 0.3) is 0 Å². The zero-order chi connectivity index (χ0) is 18.9. The van der Waals surface area contributed by atoms with Gasteiger partial charge in [-0.3, -0.25) is 4.98 Å². The summed E-state index contributed by atoms with van der Waals surface area (Å²) in [4.78, 5) is 17.7. The number of benzene rings is 1. The third-order valence-corrected chi connectivity index (χ3v) is 5.97. The summed E-state index contributed by atoms with van der Waals surface area (Å²) in [5.74, 6) is 0.582. The smallest absolute Gasteiger partial charge is 0.354 e. The molecule has 0 radical (unpaired) electrons. The molecule has 4 heterocycles. The Morgan fingerprint density at radius 2 is 1.96 bits per heavy atom. The van der Waals surface area contributed by atoms with Crippen LogP contribution in [-0.2, 0) is 22.7 Å². The van der Waals surface area contributed by atoms with E-state index in [1.54, 1.807) is 12.4 Å². The molecule has 0 N–H and O–H groups in total. The van der Waals surface area contributed by atoms with E-state index < -0.39 is 6.10 Å². The van der Waals surface area contributed by atoms with E-state index >= 15 is 0 Å². The molecule has 6 heteroatoms. The Morgan fingerprint density at radius 1 is 1.14 bits per heavy atom. The van der Waals surface area contributed by atoms with E-state index in [0.717, 1.165) is 27.0 Å². The molecular formula is C22H17NO4S. The molecule has 1 aliphatic rings. The van der Waals surface area contributed by atoms with E-state index in [2.05, 4.69) is 4.98 Å². The van der Waals surface area contributed by atoms with Crippen LogP contribution in [-0.4, -0.2) is 11.6 Å². The first-order valence-electron chi connectivity index (χ1n) is 9.02. The highest BCUT2D eigenvalue weighted by molar-refractivity contribution is 7.22. The van der Waals surface area contributed by atoms with Crippen molar-refractivity contribution in [3.63, 3.8) is 0 Å². The molecule has 1 atom stereocenters. The lowest BCUT2D eigenvalue weighted by Gasteiger charge is -2.24. The van der Waals surface area contributed by atoms with Crippen molar-refractivity contribution in [3.05, 3.63) is 88.2 Å². The highest BCUT2D eigenvalue weighted by atomic mass is 32.1. The van der Waals surface area contributed by atoms with E-state index in [1.807, 2.05) is 48.5 Å². The number of nitrogens with zero attached hydrogens (tertiary/aromatic N) is 1. The molecule has 1 unspecified atom stereocenters. The molecule has 0 saturated carbocycles. The van der Waals surface area contributed by atoms with E-state index in [1.165, 1.54) is 11.3 Å². The van der Waals surface area contributed by atoms with E-state index in [4.69, 9.17) is 13.9 Å². The highest BCUT2D eigenvalue weighted by Gasteiger charge is 2.28. The monoisotopic (exact) mass is 391 g/mol. The minimum absolute atomic E-state index is 0.325. The summed E-state index contributed by atoms with van der Waals surface area (Å²) < 4.78 is 18.1. The first-order valence-corrected chi connectivity index (χ1v) is 9.84. The number of hydrogen-bond donors (Lipinski definition) is 0. The normalized spacial score (nSPS) is 16.2. The first kappa shape index (κ1) is 17.3. The van der Waals surface area contributed by atoms with Crippen LogP contribution in [0.3, 0.4) is 0 Å². The summed E-state index contributed by atoms with van der Waals surface area (Å²) in [6, 6.07) is 15.8. The Labute approximate surface area is 165 Å². The molecule has 0 bridgehead atoms. The zero-order valence-corrected chi connectivity index (χ0v) is 15.8. The summed E-state index contributed by atoms with van der Waals surface area (Å²) in [6.45, 7) is 1.21. The van der Waals surface area contributed by atoms with Crippen LogP contribution in [0.25, 0.3) is 20.5 Å². The van der Waals surface area contributed by atoms with Crippen molar-refractivity contribution in [1.82, 2.24) is 4.98 Å². The van der Waals surface area contributed by atoms with Crippen molar-refractivity contribution in [2.45, 2.75) is 19.3 Å². The second-order valence-corrected chi connectivity index (χ2v) is 7.67. The van der Waals surface area contributed by atoms with Gasteiger partial charge < -0.3 is 13.9 Å². The van der Waals surface area contributed by atoms with Gasteiger partial charge in [-0.25, -0.2) is 4.79 Å². The number of thiophene rings is 1. The number of fused-ring (bicyclic) bond motifs is 3. The van der Waals surface area contributed by atoms with Crippen molar-refractivity contribution in [2.75, 3.05) is 6.61 Å². The maximum Gasteiger partial charge on any atom is 0.354 e. The molecule has 5 nitrogen and oxygen atoms in total. The summed E-state index contributed by atoms with van der Waals surface area (Å²) in [7, 11) is 0. The minimum Gasteiger partial charge on any atom is -0.424 e. The van der Waals surface area contributed by atoms with Gasteiger partial charge in [0.1, 0.15) is 16.6 Å². The van der Waals surface area contributed by atoms with Gasteiger partial charge in [0, 0.05) is 28.2 Å². The molecular weight excluding hydrogens is 374 g/mol. The van der Waals surface area contributed by atoms with Crippen LogP contribution in [0.5, 0.6) is 0 Å². The van der Waals surface area contributed by atoms with Gasteiger partial charge in [0.2, 0.25) is 0 Å². The third-order valence-electron chi connectivity index (χ3n) is 4.81. The Hall–Kier alpha value is -2.80. The molecule has 4 aromatic rings. The highest BCUT2D eigenvalue weighted by Crippen LogP contribution is 2.38. The lowest BCUT2D eigenvalue weighted by molar-refractivity contribution is -0.0580. The maximum absolute atomic E-state index is 12.7. The fraction of sp³-hybridized carbons (Fsp3) is 0.182. The van der Waals surface area contributed by atoms with E-state index in [0.29, 0.717) is 30.3 Å². The number of hydrogen-bond acceptors (Lipinski definition) is 6. The van der Waals surface area contributed by atoms with Crippen LogP contribution < -0.4 is 5.63 Å². The fourth-order valence-electron chi connectivity index (χ4n) is 3.41. The van der Waals surface area contributed by atoms with Gasteiger partial charge in [0.15, 0.2) is 0 Å². The van der Waals surface area contributed by atoms with Crippen LogP contribution in [0, 0.1) is 0 Å². The quantitative estimate of drug-likeness (QED) is 0.504. The van der Waals surface area contributed by atoms with Crippen molar-refractivity contribution in [3.8, 4) is 10.4 Å². The van der Waals surface area contributed by atoms with Crippen molar-refractivity contribution >= 4 is 21.4 Å². The second kappa shape index (κ2) is 7.31. The number of pyridine rings is 1. The predicted molar refractivity (Wildman–Crippen MR) is 107 cm³/mol. The largest absolute Gasteiger partial charge is 0.424 e. The Kier molecular flexibility index (Phi) is 4.52. The molecule has 0 spiro atoms. The third kappa shape index (κ3) is 3.16. The van der Waals surface area contributed by atoms with Crippen LogP contribution in [0.1, 0.15) is 23.0 Å². The molecule has 3 aromatic heterocycles. The van der Waals surface area contributed by atoms with Crippen LogP contribution in [0.2, 0.25) is 0 Å². The Morgan fingerprint density at radius 3 is 2.79 bits per heavy atom. The van der Waals surface area contributed by atoms with Crippen LogP contribution in [0.15, 0.2) is 70.1 Å². The Balaban J connectivity index is 1.53. The molecule has 140 valence electrons. The average molecular weight is 391 g/mol. The van der Waals surface area contributed by atoms with Gasteiger partial charge in [-0.15, -0.1) is 11.3 Å². The predicted octanol–water partition coefficient (Wildman–Crippen LogP) is 4.70. The zero-order valence-electron chi connectivity index (χ0n) is 15.0. The molecule has 1 aliphatic heterocycles. The van der Waals surface area contributed by atoms with Crippen molar-refractivity contribution in [1.29, 1.82) is 0 Å². The SMILES string of the molecule is O=c1oc2c(c3cc(-c4ccncc4)sc13)COCC2OCc1ccccc1. The number of ether oxygens (including phenoxy) is 2. The van der Waals surface area contributed by atoms with Crippen molar-refractivity contribution < 1.29 is 13.9 Å². The van der Waals surface area contributed by atoms with Crippen LogP contribution >= 0.6 is 11.3 Å². The molecule has 1 aromatic carbocycles. The van der Waals surface area contributed by atoms with E-state index in [9.17, 15) is 4.79 Å². The lowest BCUT2D eigenvalue weighted by atomic mass is 10.0. The maximum atomic E-state index is 12.7. The van der Waals surface area contributed by atoms with Gasteiger partial charge in [-0.2, -0.15) is 0 Å². The standard InChI is InChI=1S/C22H17NO4S/c24-22-21-16(10-19(28-21)15-6-8-23-9-7-15)17-12-25-13-18(20(17)27-22)26-11-14-4-2-1-3-5-14/h1-10,18H,11-13H2. The van der Waals surface area contributed by atoms with Crippen molar-refractivity contribution in [2.24, 2.45) is 0 Å². The number of rotatable bonds is 4. The molecule has 0 aliphatic carbocycles. The van der Waals surface area contributed by atoms with E-state index in [-0.39, 0.29) is 5.63 Å². The summed E-state index contributed by atoms with van der Waals surface area (Å²) in [5, 5.41) is 0.885. The molecule has 5 rings (SSSR count). The van der Waals surface area contributed by atoms with Crippen LogP contribution in [0.4, 0.5) is 0 Å². The minimum atomic E-state index is -0.398. The van der Waals surface area contributed by atoms with Gasteiger partial charge >= 0.3 is 5.63 Å². The average Bonchev–Trinajstić information content (AvgIpc) is 3.20. The van der Waals surface area contributed by atoms with Gasteiger partial charge in [-0.1, -0.05) is 30.3 Å². The second-order valence-electron chi connectivity index (χ2n) is 6.62. The first-order chi connectivity index (χ1) is 13.8. The Bertz CT molecular complexity index is 1170. The topological polar surface area (TPSA) is 61.6 Å². The van der Waals surface area contributed by atoms with Gasteiger partial charge in [-0.05, 0) is 29.3 Å².